The number of hydrogen-bond donors (Lipinski definition) is 4. The second-order valence-corrected chi connectivity index (χ2v) is 4.44. The molecule has 1 aliphatic rings. The van der Waals surface area contributed by atoms with Gasteiger partial charge in [-0.3, -0.25) is 0 Å². The van der Waals surface area contributed by atoms with Gasteiger partial charge in [0.15, 0.2) is 6.29 Å². The molecule has 0 aromatic carbocycles. The molecule has 0 aliphatic carbocycles. The summed E-state index contributed by atoms with van der Waals surface area (Å²) in [5.74, 6) is 0. The van der Waals surface area contributed by atoms with E-state index in [0.717, 1.165) is 0 Å². The van der Waals surface area contributed by atoms with Gasteiger partial charge in [0, 0.05) is 0 Å². The van der Waals surface area contributed by atoms with Crippen LogP contribution in [0.25, 0.3) is 0 Å². The summed E-state index contributed by atoms with van der Waals surface area (Å²) in [6.07, 6.45) is -6.05. The Hall–Kier alpha value is 1.91. The van der Waals surface area contributed by atoms with E-state index in [1.165, 1.54) is 0 Å². The Morgan fingerprint density at radius 1 is 1.28 bits per heavy atom. The van der Waals surface area contributed by atoms with Gasteiger partial charge in [0.05, 0.1) is 20.5 Å². The SMILES string of the molecule is N[C@H]1C(OP(=O)([O-])[O-])O[C@H](CO)[C@@H](O)[C@@H]1O.[Na+].[Na+]. The van der Waals surface area contributed by atoms with E-state index in [2.05, 4.69) is 4.52 Å². The van der Waals surface area contributed by atoms with Crippen molar-refractivity contribution >= 4 is 7.82 Å². The maximum Gasteiger partial charge on any atom is 1.00 e. The number of rotatable bonds is 3. The molecule has 9 nitrogen and oxygen atoms in total. The van der Waals surface area contributed by atoms with Crippen LogP contribution in [0.15, 0.2) is 0 Å². The number of hydrogen-bond acceptors (Lipinski definition) is 9. The van der Waals surface area contributed by atoms with Crippen LogP contribution in [0.2, 0.25) is 0 Å². The fraction of sp³-hybridized carbons (Fsp3) is 1.00. The van der Waals surface area contributed by atoms with Crippen LogP contribution in [-0.4, -0.2) is 52.6 Å². The van der Waals surface area contributed by atoms with Crippen molar-refractivity contribution in [1.82, 2.24) is 0 Å². The quantitative estimate of drug-likeness (QED) is 0.292. The number of phosphoric acid groups is 1. The van der Waals surface area contributed by atoms with E-state index in [9.17, 15) is 24.6 Å². The molecule has 1 heterocycles. The molecule has 0 aromatic rings. The van der Waals surface area contributed by atoms with Gasteiger partial charge in [0.2, 0.25) is 0 Å². The first kappa shape index (κ1) is 22.2. The van der Waals surface area contributed by atoms with Crippen LogP contribution in [0.3, 0.4) is 0 Å². The van der Waals surface area contributed by atoms with Crippen LogP contribution in [0.1, 0.15) is 0 Å². The van der Waals surface area contributed by atoms with Gasteiger partial charge in [-0.15, -0.1) is 0 Å². The molecule has 1 saturated heterocycles. The summed E-state index contributed by atoms with van der Waals surface area (Å²) in [5.41, 5.74) is 5.30. The minimum atomic E-state index is -5.33. The minimum Gasteiger partial charge on any atom is -0.790 e. The van der Waals surface area contributed by atoms with Gasteiger partial charge < -0.3 is 44.7 Å². The molecule has 0 amide bonds. The molecule has 0 aromatic heterocycles. The topological polar surface area (TPSA) is 168 Å². The van der Waals surface area contributed by atoms with E-state index in [1.54, 1.807) is 0 Å². The maximum absolute atomic E-state index is 10.3. The number of nitrogens with two attached hydrogens (primary N) is 1. The molecular formula is C6H12NNa2O8P. The molecule has 5 atom stereocenters. The fourth-order valence-corrected chi connectivity index (χ4v) is 1.77. The number of aliphatic hydroxyl groups excluding tert-OH is 3. The van der Waals surface area contributed by atoms with Gasteiger partial charge in [-0.2, -0.15) is 0 Å². The van der Waals surface area contributed by atoms with Crippen LogP contribution in [0.5, 0.6) is 0 Å². The molecule has 1 fully saturated rings. The Balaban J connectivity index is 0. The molecule has 0 radical (unpaired) electrons. The summed E-state index contributed by atoms with van der Waals surface area (Å²) in [4.78, 5) is 20.7. The summed E-state index contributed by atoms with van der Waals surface area (Å²) in [7, 11) is -5.33. The van der Waals surface area contributed by atoms with E-state index in [4.69, 9.17) is 15.6 Å². The third-order valence-electron chi connectivity index (χ3n) is 2.16. The molecule has 1 aliphatic heterocycles. The summed E-state index contributed by atoms with van der Waals surface area (Å²) < 4.78 is 19.0. The number of ether oxygens (including phenoxy) is 1. The maximum atomic E-state index is 10.3. The largest absolute Gasteiger partial charge is 1.00 e. The van der Waals surface area contributed by atoms with E-state index in [-0.39, 0.29) is 59.1 Å². The van der Waals surface area contributed by atoms with E-state index in [0.29, 0.717) is 0 Å². The minimum absolute atomic E-state index is 0. The van der Waals surface area contributed by atoms with Crippen molar-refractivity contribution in [3.63, 3.8) is 0 Å². The predicted octanol–water partition coefficient (Wildman–Crippen LogP) is -10.4. The molecule has 1 unspecified atom stereocenters. The first-order chi connectivity index (χ1) is 7.26. The van der Waals surface area contributed by atoms with E-state index < -0.39 is 45.1 Å². The zero-order valence-corrected chi connectivity index (χ0v) is 14.9. The van der Waals surface area contributed by atoms with E-state index >= 15 is 0 Å². The summed E-state index contributed by atoms with van der Waals surface area (Å²) in [5, 5.41) is 27.5. The molecule has 5 N–H and O–H groups in total. The molecule has 18 heavy (non-hydrogen) atoms. The Kier molecular flexibility index (Phi) is 11.1. The second kappa shape index (κ2) is 9.04. The molecular weight excluding hydrogens is 291 g/mol. The van der Waals surface area contributed by atoms with Crippen molar-refractivity contribution in [2.75, 3.05) is 6.61 Å². The van der Waals surface area contributed by atoms with E-state index in [1.807, 2.05) is 0 Å². The second-order valence-electron chi connectivity index (χ2n) is 3.34. The van der Waals surface area contributed by atoms with Crippen LogP contribution < -0.4 is 74.6 Å². The summed E-state index contributed by atoms with van der Waals surface area (Å²) in [6, 6.07) is -1.41. The first-order valence-electron chi connectivity index (χ1n) is 4.34. The van der Waals surface area contributed by atoms with Crippen LogP contribution >= 0.6 is 7.82 Å². The fourth-order valence-electron chi connectivity index (χ4n) is 1.33. The smallest absolute Gasteiger partial charge is 0.790 e. The third kappa shape index (κ3) is 6.13. The monoisotopic (exact) mass is 303 g/mol. The molecule has 0 saturated carbocycles. The summed E-state index contributed by atoms with van der Waals surface area (Å²) in [6.45, 7) is -0.688. The standard InChI is InChI=1S/C6H14NO8P.2Na/c7-3-5(10)4(9)2(1-8)14-6(3)15-16(11,12)13;;/h2-6,8-10H,1,7H2,(H2,11,12,13);;/q;2*+1/p-2/t2-,3-,4-,5-,6?;;/m1../s1. The van der Waals surface area contributed by atoms with Gasteiger partial charge >= 0.3 is 59.1 Å². The van der Waals surface area contributed by atoms with Crippen LogP contribution in [-0.2, 0) is 13.8 Å². The van der Waals surface area contributed by atoms with Gasteiger partial charge in [0.25, 0.3) is 0 Å². The number of phosphoric ester groups is 1. The van der Waals surface area contributed by atoms with Crippen molar-refractivity contribution in [3.8, 4) is 0 Å². The van der Waals surface area contributed by atoms with Gasteiger partial charge in [-0.25, -0.2) is 0 Å². The van der Waals surface area contributed by atoms with Gasteiger partial charge in [0.1, 0.15) is 18.3 Å². The van der Waals surface area contributed by atoms with Gasteiger partial charge in [-0.05, 0) is 0 Å². The zero-order chi connectivity index (χ0) is 12.5. The Morgan fingerprint density at radius 2 is 1.78 bits per heavy atom. The molecule has 96 valence electrons. The number of aliphatic hydroxyl groups is 3. The Morgan fingerprint density at radius 3 is 2.17 bits per heavy atom. The predicted molar refractivity (Wildman–Crippen MR) is 44.4 cm³/mol. The molecule has 1 rings (SSSR count). The van der Waals surface area contributed by atoms with Crippen molar-refractivity contribution in [3.05, 3.63) is 0 Å². The average molecular weight is 303 g/mol. The Labute approximate surface area is 147 Å². The van der Waals surface area contributed by atoms with Crippen molar-refractivity contribution in [2.45, 2.75) is 30.6 Å². The molecule has 12 heteroatoms. The van der Waals surface area contributed by atoms with Gasteiger partial charge in [-0.1, -0.05) is 0 Å². The van der Waals surface area contributed by atoms with Crippen molar-refractivity contribution in [1.29, 1.82) is 0 Å². The van der Waals surface area contributed by atoms with Crippen molar-refractivity contribution < 1.29 is 98.0 Å². The molecule has 0 bridgehead atoms. The van der Waals surface area contributed by atoms with Crippen LogP contribution in [0, 0.1) is 0 Å². The Bertz CT molecular complexity index is 289. The van der Waals surface area contributed by atoms with Crippen LogP contribution in [0.4, 0.5) is 0 Å². The normalized spacial score (nSPS) is 36.4. The molecule has 0 spiro atoms. The zero-order valence-electron chi connectivity index (χ0n) is 10.0. The van der Waals surface area contributed by atoms with Crippen molar-refractivity contribution in [2.24, 2.45) is 5.73 Å². The average Bonchev–Trinajstić information content (AvgIpc) is 2.17. The first-order valence-corrected chi connectivity index (χ1v) is 5.81. The third-order valence-corrected chi connectivity index (χ3v) is 2.63. The summed E-state index contributed by atoms with van der Waals surface area (Å²) >= 11 is 0.